The van der Waals surface area contributed by atoms with Crippen LogP contribution in [-0.2, 0) is 22.4 Å². The lowest BCUT2D eigenvalue weighted by atomic mass is 10.1. The predicted molar refractivity (Wildman–Crippen MR) is 115 cm³/mol. The minimum atomic E-state index is -0.513. The van der Waals surface area contributed by atoms with Gasteiger partial charge in [0.1, 0.15) is 0 Å². The Bertz CT molecular complexity index is 829. The topological polar surface area (TPSA) is 92.5 Å². The van der Waals surface area contributed by atoms with Gasteiger partial charge in [0, 0.05) is 37.2 Å². The van der Waals surface area contributed by atoms with Gasteiger partial charge in [-0.3, -0.25) is 14.4 Å². The number of aryl methyl sites for hydroxylation is 2. The molecule has 0 aromatic heterocycles. The van der Waals surface area contributed by atoms with Gasteiger partial charge in [0.25, 0.3) is 0 Å². The van der Waals surface area contributed by atoms with E-state index in [1.165, 1.54) is 5.56 Å². The van der Waals surface area contributed by atoms with Crippen LogP contribution in [0.3, 0.4) is 0 Å². The molecule has 0 aliphatic heterocycles. The highest BCUT2D eigenvalue weighted by molar-refractivity contribution is 5.94. The number of hydrogen-bond acceptors (Lipinski definition) is 3. The SMILES string of the molecule is CCc1ccc(CCC(=O)N(CC)CCC(=O)Nc2ccc(C(N)=O)cc2)cc1. The first-order valence-electron chi connectivity index (χ1n) is 9.98. The average Bonchev–Trinajstić information content (AvgIpc) is 2.73. The van der Waals surface area contributed by atoms with Crippen LogP contribution in [0.2, 0.25) is 0 Å². The second-order valence-electron chi connectivity index (χ2n) is 6.88. The fraction of sp³-hybridized carbons (Fsp3) is 0.348. The molecule has 6 nitrogen and oxygen atoms in total. The summed E-state index contributed by atoms with van der Waals surface area (Å²) in [7, 11) is 0. The molecule has 2 aromatic rings. The number of hydrogen-bond donors (Lipinski definition) is 2. The summed E-state index contributed by atoms with van der Waals surface area (Å²) in [5.41, 5.74) is 8.60. The zero-order valence-electron chi connectivity index (χ0n) is 17.1. The van der Waals surface area contributed by atoms with E-state index in [0.717, 1.165) is 12.0 Å². The summed E-state index contributed by atoms with van der Waals surface area (Å²) < 4.78 is 0. The number of nitrogens with two attached hydrogens (primary N) is 1. The van der Waals surface area contributed by atoms with Gasteiger partial charge in [-0.05, 0) is 55.2 Å². The van der Waals surface area contributed by atoms with Gasteiger partial charge in [0.2, 0.25) is 17.7 Å². The predicted octanol–water partition coefficient (Wildman–Crippen LogP) is 3.16. The molecule has 6 heteroatoms. The Kier molecular flexibility index (Phi) is 8.40. The largest absolute Gasteiger partial charge is 0.366 e. The maximum atomic E-state index is 12.5. The van der Waals surface area contributed by atoms with Crippen molar-refractivity contribution >= 4 is 23.4 Å². The number of carbonyl (C=O) groups is 3. The Labute approximate surface area is 172 Å². The number of primary amides is 1. The maximum absolute atomic E-state index is 12.5. The van der Waals surface area contributed by atoms with Crippen LogP contribution in [0.4, 0.5) is 5.69 Å². The molecule has 0 radical (unpaired) electrons. The summed E-state index contributed by atoms with van der Waals surface area (Å²) in [4.78, 5) is 37.4. The fourth-order valence-electron chi connectivity index (χ4n) is 2.99. The number of rotatable bonds is 10. The second-order valence-corrected chi connectivity index (χ2v) is 6.88. The Morgan fingerprint density at radius 3 is 2.07 bits per heavy atom. The second kappa shape index (κ2) is 11.0. The van der Waals surface area contributed by atoms with Crippen LogP contribution >= 0.6 is 0 Å². The lowest BCUT2D eigenvalue weighted by Crippen LogP contribution is -2.33. The number of benzene rings is 2. The first-order chi connectivity index (χ1) is 13.9. The van der Waals surface area contributed by atoms with Crippen molar-refractivity contribution in [2.24, 2.45) is 5.73 Å². The first kappa shape index (κ1) is 22.1. The molecule has 2 aromatic carbocycles. The van der Waals surface area contributed by atoms with Gasteiger partial charge in [-0.1, -0.05) is 31.2 Å². The molecule has 0 saturated heterocycles. The minimum absolute atomic E-state index is 0.0469. The van der Waals surface area contributed by atoms with Gasteiger partial charge in [0.15, 0.2) is 0 Å². The van der Waals surface area contributed by atoms with Crippen molar-refractivity contribution in [2.75, 3.05) is 18.4 Å². The van der Waals surface area contributed by atoms with Crippen molar-refractivity contribution in [2.45, 2.75) is 39.5 Å². The molecule has 0 atom stereocenters. The third-order valence-electron chi connectivity index (χ3n) is 4.86. The summed E-state index contributed by atoms with van der Waals surface area (Å²) in [5, 5.41) is 2.77. The van der Waals surface area contributed by atoms with E-state index >= 15 is 0 Å². The van der Waals surface area contributed by atoms with Crippen molar-refractivity contribution in [3.63, 3.8) is 0 Å². The van der Waals surface area contributed by atoms with Crippen LogP contribution in [0.25, 0.3) is 0 Å². The van der Waals surface area contributed by atoms with Gasteiger partial charge in [-0.2, -0.15) is 0 Å². The zero-order chi connectivity index (χ0) is 21.2. The molecule has 3 amide bonds. The lowest BCUT2D eigenvalue weighted by Gasteiger charge is -2.20. The molecule has 0 saturated carbocycles. The Morgan fingerprint density at radius 1 is 0.897 bits per heavy atom. The summed E-state index contributed by atoms with van der Waals surface area (Å²) in [6.07, 6.45) is 2.33. The van der Waals surface area contributed by atoms with Gasteiger partial charge in [-0.15, -0.1) is 0 Å². The standard InChI is InChI=1S/C23H29N3O3/c1-3-17-5-7-18(8-6-17)9-14-22(28)26(4-2)16-15-21(27)25-20-12-10-19(11-13-20)23(24)29/h5-8,10-13H,3-4,9,14-16H2,1-2H3,(H2,24,29)(H,25,27). The third kappa shape index (κ3) is 7.07. The monoisotopic (exact) mass is 395 g/mol. The Hall–Kier alpha value is -3.15. The van der Waals surface area contributed by atoms with E-state index in [9.17, 15) is 14.4 Å². The molecule has 0 heterocycles. The van der Waals surface area contributed by atoms with E-state index in [1.807, 2.05) is 6.92 Å². The summed E-state index contributed by atoms with van der Waals surface area (Å²) in [6, 6.07) is 14.7. The summed E-state index contributed by atoms with van der Waals surface area (Å²) in [5.74, 6) is -0.648. The van der Waals surface area contributed by atoms with Crippen LogP contribution in [0, 0.1) is 0 Å². The van der Waals surface area contributed by atoms with E-state index in [0.29, 0.717) is 37.2 Å². The normalized spacial score (nSPS) is 10.4. The third-order valence-corrected chi connectivity index (χ3v) is 4.86. The van der Waals surface area contributed by atoms with E-state index in [1.54, 1.807) is 29.2 Å². The molecule has 0 bridgehead atoms. The highest BCUT2D eigenvalue weighted by Crippen LogP contribution is 2.11. The van der Waals surface area contributed by atoms with Crippen LogP contribution in [0.1, 0.15) is 48.2 Å². The molecule has 154 valence electrons. The van der Waals surface area contributed by atoms with E-state index in [-0.39, 0.29) is 18.2 Å². The zero-order valence-corrected chi connectivity index (χ0v) is 17.1. The van der Waals surface area contributed by atoms with E-state index < -0.39 is 5.91 Å². The molecule has 2 rings (SSSR count). The van der Waals surface area contributed by atoms with Crippen LogP contribution in [0.15, 0.2) is 48.5 Å². The lowest BCUT2D eigenvalue weighted by molar-refractivity contribution is -0.131. The number of amides is 3. The van der Waals surface area contributed by atoms with Crippen molar-refractivity contribution in [1.29, 1.82) is 0 Å². The molecular formula is C23H29N3O3. The van der Waals surface area contributed by atoms with Crippen molar-refractivity contribution in [3.8, 4) is 0 Å². The smallest absolute Gasteiger partial charge is 0.248 e. The highest BCUT2D eigenvalue weighted by atomic mass is 16.2. The number of anilines is 1. The fourth-order valence-corrected chi connectivity index (χ4v) is 2.99. The van der Waals surface area contributed by atoms with Crippen LogP contribution < -0.4 is 11.1 Å². The Balaban J connectivity index is 1.79. The minimum Gasteiger partial charge on any atom is -0.366 e. The highest BCUT2D eigenvalue weighted by Gasteiger charge is 2.14. The number of nitrogens with zero attached hydrogens (tertiary/aromatic N) is 1. The quantitative estimate of drug-likeness (QED) is 0.647. The van der Waals surface area contributed by atoms with Gasteiger partial charge < -0.3 is 16.0 Å². The molecular weight excluding hydrogens is 366 g/mol. The molecule has 29 heavy (non-hydrogen) atoms. The number of carbonyl (C=O) groups excluding carboxylic acids is 3. The van der Waals surface area contributed by atoms with Crippen LogP contribution in [0.5, 0.6) is 0 Å². The van der Waals surface area contributed by atoms with Crippen molar-refractivity contribution in [1.82, 2.24) is 4.90 Å². The molecule has 0 aliphatic carbocycles. The molecule has 3 N–H and O–H groups in total. The van der Waals surface area contributed by atoms with Gasteiger partial charge in [-0.25, -0.2) is 0 Å². The van der Waals surface area contributed by atoms with Crippen LogP contribution in [-0.4, -0.2) is 35.7 Å². The molecule has 0 aliphatic rings. The molecule has 0 fully saturated rings. The molecule has 0 unspecified atom stereocenters. The Morgan fingerprint density at radius 2 is 1.52 bits per heavy atom. The van der Waals surface area contributed by atoms with Crippen molar-refractivity contribution in [3.05, 3.63) is 65.2 Å². The summed E-state index contributed by atoms with van der Waals surface area (Å²) in [6.45, 7) is 4.96. The number of nitrogens with one attached hydrogen (secondary N) is 1. The average molecular weight is 396 g/mol. The summed E-state index contributed by atoms with van der Waals surface area (Å²) >= 11 is 0. The van der Waals surface area contributed by atoms with Gasteiger partial charge >= 0.3 is 0 Å². The van der Waals surface area contributed by atoms with E-state index in [4.69, 9.17) is 5.73 Å². The maximum Gasteiger partial charge on any atom is 0.248 e. The van der Waals surface area contributed by atoms with Crippen molar-refractivity contribution < 1.29 is 14.4 Å². The first-order valence-corrected chi connectivity index (χ1v) is 9.98. The van der Waals surface area contributed by atoms with Gasteiger partial charge in [0.05, 0.1) is 0 Å². The van der Waals surface area contributed by atoms with E-state index in [2.05, 4.69) is 36.5 Å². The molecule has 0 spiro atoms.